The van der Waals surface area contributed by atoms with Crippen LogP contribution in [0, 0.1) is 0 Å². The van der Waals surface area contributed by atoms with Gasteiger partial charge in [0.25, 0.3) is 10.0 Å². The van der Waals surface area contributed by atoms with E-state index < -0.39 is 16.0 Å². The van der Waals surface area contributed by atoms with Crippen LogP contribution in [0.25, 0.3) is 0 Å². The number of aliphatic carboxylic acids is 1. The van der Waals surface area contributed by atoms with E-state index in [9.17, 15) is 13.2 Å². The first-order chi connectivity index (χ1) is 9.51. The van der Waals surface area contributed by atoms with Crippen molar-refractivity contribution in [3.8, 4) is 0 Å². The normalized spacial score (nSPS) is 17.4. The molecule has 1 N–H and O–H groups in total. The van der Waals surface area contributed by atoms with Crippen LogP contribution in [0.3, 0.4) is 0 Å². The number of rotatable bonds is 6. The van der Waals surface area contributed by atoms with Crippen molar-refractivity contribution in [1.29, 1.82) is 0 Å². The Balaban J connectivity index is 2.22. The SMILES string of the molecule is O=C(O)CCN(C1CCOCC1)S(=O)(=O)c1ccns1. The molecule has 2 rings (SSSR count). The Morgan fingerprint density at radius 3 is 2.75 bits per heavy atom. The molecule has 2 heterocycles. The number of sulfonamides is 1. The largest absolute Gasteiger partial charge is 0.481 e. The fraction of sp³-hybridized carbons (Fsp3) is 0.636. The molecule has 0 bridgehead atoms. The van der Waals surface area contributed by atoms with Gasteiger partial charge in [-0.25, -0.2) is 8.42 Å². The third-order valence-electron chi connectivity index (χ3n) is 3.12. The second-order valence-electron chi connectivity index (χ2n) is 4.43. The Morgan fingerprint density at radius 2 is 2.20 bits per heavy atom. The highest BCUT2D eigenvalue weighted by Gasteiger charge is 2.33. The summed E-state index contributed by atoms with van der Waals surface area (Å²) < 4.78 is 35.6. The van der Waals surface area contributed by atoms with Gasteiger partial charge in [0.2, 0.25) is 0 Å². The summed E-state index contributed by atoms with van der Waals surface area (Å²) in [6, 6.07) is 1.22. The Hall–Kier alpha value is -1.03. The maximum Gasteiger partial charge on any atom is 0.304 e. The van der Waals surface area contributed by atoms with Gasteiger partial charge in [-0.15, -0.1) is 0 Å². The van der Waals surface area contributed by atoms with E-state index in [1.165, 1.54) is 16.6 Å². The van der Waals surface area contributed by atoms with E-state index in [1.807, 2.05) is 0 Å². The minimum atomic E-state index is -3.68. The first kappa shape index (κ1) is 15.4. The first-order valence-electron chi connectivity index (χ1n) is 6.24. The van der Waals surface area contributed by atoms with Crippen LogP contribution in [0.4, 0.5) is 0 Å². The quantitative estimate of drug-likeness (QED) is 0.832. The number of hydrogen-bond donors (Lipinski definition) is 1. The van der Waals surface area contributed by atoms with Crippen LogP contribution in [-0.2, 0) is 19.6 Å². The predicted molar refractivity (Wildman–Crippen MR) is 72.1 cm³/mol. The third-order valence-corrected chi connectivity index (χ3v) is 6.26. The summed E-state index contributed by atoms with van der Waals surface area (Å²) in [5.41, 5.74) is 0. The highest BCUT2D eigenvalue weighted by Crippen LogP contribution is 2.25. The molecule has 1 aliphatic heterocycles. The summed E-state index contributed by atoms with van der Waals surface area (Å²) in [7, 11) is -3.68. The maximum atomic E-state index is 12.6. The van der Waals surface area contributed by atoms with Gasteiger partial charge in [0, 0.05) is 32.0 Å². The average molecular weight is 320 g/mol. The van der Waals surface area contributed by atoms with E-state index in [4.69, 9.17) is 9.84 Å². The number of hydrogen-bond acceptors (Lipinski definition) is 6. The van der Waals surface area contributed by atoms with Crippen molar-refractivity contribution in [2.24, 2.45) is 0 Å². The molecule has 1 saturated heterocycles. The van der Waals surface area contributed by atoms with Crippen LogP contribution >= 0.6 is 11.5 Å². The number of nitrogens with zero attached hydrogens (tertiary/aromatic N) is 2. The second kappa shape index (κ2) is 6.61. The topological polar surface area (TPSA) is 96.8 Å². The molecule has 1 fully saturated rings. The molecule has 0 aliphatic carbocycles. The zero-order valence-electron chi connectivity index (χ0n) is 10.8. The van der Waals surface area contributed by atoms with Crippen LogP contribution < -0.4 is 0 Å². The van der Waals surface area contributed by atoms with Gasteiger partial charge < -0.3 is 9.84 Å². The molecule has 0 radical (unpaired) electrons. The van der Waals surface area contributed by atoms with Crippen molar-refractivity contribution in [1.82, 2.24) is 8.68 Å². The van der Waals surface area contributed by atoms with Crippen LogP contribution in [-0.4, -0.2) is 54.0 Å². The van der Waals surface area contributed by atoms with Gasteiger partial charge in [0.05, 0.1) is 6.42 Å². The van der Waals surface area contributed by atoms with Crippen molar-refractivity contribution in [3.05, 3.63) is 12.3 Å². The molecule has 0 amide bonds. The van der Waals surface area contributed by atoms with Gasteiger partial charge in [-0.2, -0.15) is 8.68 Å². The van der Waals surface area contributed by atoms with Gasteiger partial charge in [0.15, 0.2) is 4.21 Å². The Labute approximate surface area is 121 Å². The standard InChI is InChI=1S/C11H16N2O5S2/c14-10(15)2-6-13(9-3-7-18-8-4-9)20(16,17)11-1-5-12-19-11/h1,5,9H,2-4,6-8H2,(H,14,15). The molecule has 1 aromatic rings. The maximum absolute atomic E-state index is 12.6. The molecule has 1 aromatic heterocycles. The Morgan fingerprint density at radius 1 is 1.50 bits per heavy atom. The minimum absolute atomic E-state index is 0.0275. The van der Waals surface area contributed by atoms with Crippen molar-refractivity contribution in [2.75, 3.05) is 19.8 Å². The monoisotopic (exact) mass is 320 g/mol. The van der Waals surface area contributed by atoms with Crippen molar-refractivity contribution in [3.63, 3.8) is 0 Å². The fourth-order valence-electron chi connectivity index (χ4n) is 2.13. The zero-order valence-corrected chi connectivity index (χ0v) is 12.4. The number of carboxylic acids is 1. The number of carbonyl (C=O) groups is 1. The van der Waals surface area contributed by atoms with Crippen molar-refractivity contribution >= 4 is 27.5 Å². The van der Waals surface area contributed by atoms with Crippen LogP contribution in [0.5, 0.6) is 0 Å². The second-order valence-corrected chi connectivity index (χ2v) is 7.39. The van der Waals surface area contributed by atoms with E-state index >= 15 is 0 Å². The minimum Gasteiger partial charge on any atom is -0.481 e. The van der Waals surface area contributed by atoms with Crippen molar-refractivity contribution < 1.29 is 23.1 Å². The molecular formula is C11H16N2O5S2. The van der Waals surface area contributed by atoms with Gasteiger partial charge in [-0.1, -0.05) is 0 Å². The van der Waals surface area contributed by atoms with E-state index in [-0.39, 0.29) is 23.2 Å². The van der Waals surface area contributed by atoms with E-state index in [2.05, 4.69) is 4.37 Å². The molecule has 1 aliphatic rings. The molecule has 0 aromatic carbocycles. The average Bonchev–Trinajstić information content (AvgIpc) is 2.94. The summed E-state index contributed by atoms with van der Waals surface area (Å²) >= 11 is 0.898. The highest BCUT2D eigenvalue weighted by atomic mass is 32.2. The third kappa shape index (κ3) is 3.54. The van der Waals surface area contributed by atoms with E-state index in [0.29, 0.717) is 26.1 Å². The molecule has 0 saturated carbocycles. The molecule has 20 heavy (non-hydrogen) atoms. The lowest BCUT2D eigenvalue weighted by molar-refractivity contribution is -0.137. The summed E-state index contributed by atoms with van der Waals surface area (Å²) in [5.74, 6) is -1.01. The molecular weight excluding hydrogens is 304 g/mol. The van der Waals surface area contributed by atoms with Gasteiger partial charge >= 0.3 is 5.97 Å². The summed E-state index contributed by atoms with van der Waals surface area (Å²) in [6.07, 6.45) is 2.38. The molecule has 0 atom stereocenters. The first-order valence-corrected chi connectivity index (χ1v) is 8.45. The molecule has 9 heteroatoms. The van der Waals surface area contributed by atoms with Gasteiger partial charge in [-0.05, 0) is 30.4 Å². The molecule has 0 spiro atoms. The van der Waals surface area contributed by atoms with Crippen LogP contribution in [0.2, 0.25) is 0 Å². The zero-order chi connectivity index (χ0) is 14.6. The lowest BCUT2D eigenvalue weighted by Gasteiger charge is -2.32. The van der Waals surface area contributed by atoms with Gasteiger partial charge in [-0.3, -0.25) is 4.79 Å². The summed E-state index contributed by atoms with van der Waals surface area (Å²) in [6.45, 7) is 0.957. The van der Waals surface area contributed by atoms with E-state index in [0.717, 1.165) is 11.5 Å². The van der Waals surface area contributed by atoms with Crippen LogP contribution in [0.1, 0.15) is 19.3 Å². The number of ether oxygens (including phenoxy) is 1. The Bertz CT molecular complexity index is 537. The Kier molecular flexibility index (Phi) is 5.08. The smallest absolute Gasteiger partial charge is 0.304 e. The lowest BCUT2D eigenvalue weighted by atomic mass is 10.1. The predicted octanol–water partition coefficient (Wildman–Crippen LogP) is 0.787. The number of carboxylic acid groups (broad SMARTS) is 1. The fourth-order valence-corrected chi connectivity index (χ4v) is 4.67. The lowest BCUT2D eigenvalue weighted by Crippen LogP contribution is -2.44. The number of aromatic nitrogens is 1. The van der Waals surface area contributed by atoms with E-state index in [1.54, 1.807) is 0 Å². The summed E-state index contributed by atoms with van der Waals surface area (Å²) in [5, 5.41) is 8.80. The van der Waals surface area contributed by atoms with Gasteiger partial charge in [0.1, 0.15) is 0 Å². The summed E-state index contributed by atoms with van der Waals surface area (Å²) in [4.78, 5) is 10.7. The molecule has 0 unspecified atom stereocenters. The molecule has 112 valence electrons. The highest BCUT2D eigenvalue weighted by molar-refractivity contribution is 7.91. The molecule has 7 nitrogen and oxygen atoms in total. The van der Waals surface area contributed by atoms with Crippen LogP contribution in [0.15, 0.2) is 16.5 Å². The van der Waals surface area contributed by atoms with Crippen molar-refractivity contribution in [2.45, 2.75) is 29.5 Å².